The first-order valence-electron chi connectivity index (χ1n) is 4.54. The third kappa shape index (κ3) is 2.42. The molecule has 13 heavy (non-hydrogen) atoms. The lowest BCUT2D eigenvalue weighted by Crippen LogP contribution is -2.53. The predicted octanol–water partition coefficient (Wildman–Crippen LogP) is 0.966. The van der Waals surface area contributed by atoms with Crippen LogP contribution in [-0.4, -0.2) is 28.9 Å². The Bertz CT molecular complexity index is 201. The van der Waals surface area contributed by atoms with E-state index >= 15 is 0 Å². The minimum atomic E-state index is -1.15. The van der Waals surface area contributed by atoms with Gasteiger partial charge >= 0.3 is 5.97 Å². The van der Waals surface area contributed by atoms with Crippen LogP contribution in [0.25, 0.3) is 0 Å². The number of hydrogen-bond acceptors (Lipinski definition) is 3. The van der Waals surface area contributed by atoms with Crippen LogP contribution in [0.5, 0.6) is 0 Å². The Morgan fingerprint density at radius 2 is 2.15 bits per heavy atom. The van der Waals surface area contributed by atoms with Crippen LogP contribution in [-0.2, 0) is 9.53 Å². The fourth-order valence-electron chi connectivity index (χ4n) is 1.55. The molecular weight excluding hydrogens is 170 g/mol. The smallest absolute Gasteiger partial charge is 0.351 e. The van der Waals surface area contributed by atoms with Crippen LogP contribution in [0.3, 0.4) is 0 Å². The number of aliphatic carboxylic acids is 1. The minimum Gasteiger partial charge on any atom is -0.478 e. The van der Waals surface area contributed by atoms with E-state index in [1.54, 1.807) is 0 Å². The quantitative estimate of drug-likeness (QED) is 0.676. The summed E-state index contributed by atoms with van der Waals surface area (Å²) in [6, 6.07) is 0. The molecule has 0 aromatic rings. The third-order valence-corrected chi connectivity index (χ3v) is 1.94. The zero-order valence-electron chi connectivity index (χ0n) is 8.39. The molecule has 4 heteroatoms. The van der Waals surface area contributed by atoms with Gasteiger partial charge in [-0.15, -0.1) is 0 Å². The SMILES string of the molecule is CC(C)(C)O[C@@]1(C(=O)O)CCCN1. The molecule has 0 spiro atoms. The van der Waals surface area contributed by atoms with Gasteiger partial charge in [-0.1, -0.05) is 0 Å². The number of hydrogen-bond donors (Lipinski definition) is 2. The molecule has 0 aromatic carbocycles. The van der Waals surface area contributed by atoms with Gasteiger partial charge in [0.1, 0.15) is 0 Å². The second-order valence-electron chi connectivity index (χ2n) is 4.38. The van der Waals surface area contributed by atoms with Gasteiger partial charge in [0.2, 0.25) is 5.72 Å². The Kier molecular flexibility index (Phi) is 2.63. The molecule has 1 saturated heterocycles. The summed E-state index contributed by atoms with van der Waals surface area (Å²) in [7, 11) is 0. The summed E-state index contributed by atoms with van der Waals surface area (Å²) in [4.78, 5) is 11.0. The average Bonchev–Trinajstić information content (AvgIpc) is 2.33. The lowest BCUT2D eigenvalue weighted by atomic mass is 10.1. The molecule has 0 amide bonds. The van der Waals surface area contributed by atoms with Gasteiger partial charge in [0, 0.05) is 6.42 Å². The maximum Gasteiger partial charge on any atom is 0.351 e. The molecule has 1 heterocycles. The van der Waals surface area contributed by atoms with Gasteiger partial charge in [-0.25, -0.2) is 4.79 Å². The molecule has 0 aliphatic carbocycles. The van der Waals surface area contributed by atoms with Crippen molar-refractivity contribution in [3.05, 3.63) is 0 Å². The highest BCUT2D eigenvalue weighted by atomic mass is 16.6. The molecule has 1 aliphatic rings. The summed E-state index contributed by atoms with van der Waals surface area (Å²) in [5.74, 6) is -0.917. The largest absolute Gasteiger partial charge is 0.478 e. The first-order valence-corrected chi connectivity index (χ1v) is 4.54. The molecule has 0 unspecified atom stereocenters. The van der Waals surface area contributed by atoms with E-state index < -0.39 is 17.3 Å². The second kappa shape index (κ2) is 3.27. The van der Waals surface area contributed by atoms with E-state index in [9.17, 15) is 4.79 Å². The van der Waals surface area contributed by atoms with Crippen LogP contribution in [0, 0.1) is 0 Å². The number of nitrogens with one attached hydrogen (secondary N) is 1. The molecule has 0 radical (unpaired) electrons. The molecule has 0 bridgehead atoms. The van der Waals surface area contributed by atoms with Crippen molar-refractivity contribution in [2.45, 2.75) is 44.9 Å². The van der Waals surface area contributed by atoms with E-state index in [4.69, 9.17) is 9.84 Å². The van der Waals surface area contributed by atoms with Crippen LogP contribution < -0.4 is 5.32 Å². The molecule has 2 N–H and O–H groups in total. The molecule has 1 aliphatic heterocycles. The Balaban J connectivity index is 2.74. The van der Waals surface area contributed by atoms with E-state index in [1.165, 1.54) is 0 Å². The molecule has 76 valence electrons. The van der Waals surface area contributed by atoms with Crippen LogP contribution in [0.15, 0.2) is 0 Å². The Labute approximate surface area is 78.3 Å². The summed E-state index contributed by atoms with van der Waals surface area (Å²) in [5.41, 5.74) is -1.59. The average molecular weight is 187 g/mol. The normalized spacial score (nSPS) is 29.2. The number of carbonyl (C=O) groups is 1. The van der Waals surface area contributed by atoms with Crippen LogP contribution in [0.4, 0.5) is 0 Å². The van der Waals surface area contributed by atoms with E-state index in [2.05, 4.69) is 5.32 Å². The van der Waals surface area contributed by atoms with E-state index in [0.717, 1.165) is 6.42 Å². The van der Waals surface area contributed by atoms with Crippen molar-refractivity contribution in [3.63, 3.8) is 0 Å². The Hall–Kier alpha value is -0.610. The topological polar surface area (TPSA) is 58.6 Å². The number of carboxylic acid groups (broad SMARTS) is 1. The van der Waals surface area contributed by atoms with Crippen LogP contribution in [0.2, 0.25) is 0 Å². The maximum absolute atomic E-state index is 11.0. The van der Waals surface area contributed by atoms with Gasteiger partial charge in [-0.2, -0.15) is 0 Å². The standard InChI is InChI=1S/C9H17NO3/c1-8(2,3)13-9(7(11)12)5-4-6-10-9/h10H,4-6H2,1-3H3,(H,11,12)/t9-/m1/s1. The lowest BCUT2D eigenvalue weighted by Gasteiger charge is -2.32. The lowest BCUT2D eigenvalue weighted by molar-refractivity contribution is -0.188. The molecule has 1 fully saturated rings. The highest BCUT2D eigenvalue weighted by molar-refractivity contribution is 5.77. The monoisotopic (exact) mass is 187 g/mol. The highest BCUT2D eigenvalue weighted by Gasteiger charge is 2.45. The van der Waals surface area contributed by atoms with Gasteiger partial charge in [0.15, 0.2) is 0 Å². The predicted molar refractivity (Wildman–Crippen MR) is 48.4 cm³/mol. The number of rotatable bonds is 2. The molecule has 1 atom stereocenters. The van der Waals surface area contributed by atoms with E-state index in [1.807, 2.05) is 20.8 Å². The summed E-state index contributed by atoms with van der Waals surface area (Å²) >= 11 is 0. The fraction of sp³-hybridized carbons (Fsp3) is 0.889. The summed E-state index contributed by atoms with van der Waals surface area (Å²) < 4.78 is 5.54. The van der Waals surface area contributed by atoms with E-state index in [0.29, 0.717) is 13.0 Å². The van der Waals surface area contributed by atoms with Gasteiger partial charge < -0.3 is 9.84 Å². The fourth-order valence-corrected chi connectivity index (χ4v) is 1.55. The van der Waals surface area contributed by atoms with Crippen molar-refractivity contribution in [3.8, 4) is 0 Å². The van der Waals surface area contributed by atoms with Gasteiger partial charge in [-0.3, -0.25) is 5.32 Å². The Morgan fingerprint density at radius 1 is 1.54 bits per heavy atom. The van der Waals surface area contributed by atoms with Gasteiger partial charge in [0.25, 0.3) is 0 Å². The van der Waals surface area contributed by atoms with Gasteiger partial charge in [0.05, 0.1) is 5.60 Å². The molecule has 0 saturated carbocycles. The molecular formula is C9H17NO3. The molecule has 4 nitrogen and oxygen atoms in total. The van der Waals surface area contributed by atoms with Crippen LogP contribution in [0.1, 0.15) is 33.6 Å². The third-order valence-electron chi connectivity index (χ3n) is 1.94. The van der Waals surface area contributed by atoms with Crippen LogP contribution >= 0.6 is 0 Å². The second-order valence-corrected chi connectivity index (χ2v) is 4.38. The van der Waals surface area contributed by atoms with Gasteiger partial charge in [-0.05, 0) is 33.7 Å². The summed E-state index contributed by atoms with van der Waals surface area (Å²) in [6.45, 7) is 6.29. The summed E-state index contributed by atoms with van der Waals surface area (Å²) in [6.07, 6.45) is 1.39. The minimum absolute atomic E-state index is 0.435. The maximum atomic E-state index is 11.0. The number of carboxylic acids is 1. The van der Waals surface area contributed by atoms with Crippen molar-refractivity contribution in [2.75, 3.05) is 6.54 Å². The Morgan fingerprint density at radius 3 is 2.46 bits per heavy atom. The van der Waals surface area contributed by atoms with Crippen molar-refractivity contribution >= 4 is 5.97 Å². The van der Waals surface area contributed by atoms with E-state index in [-0.39, 0.29) is 0 Å². The first-order chi connectivity index (χ1) is 5.86. The highest BCUT2D eigenvalue weighted by Crippen LogP contribution is 2.26. The zero-order valence-corrected chi connectivity index (χ0v) is 8.39. The van der Waals surface area contributed by atoms with Crippen molar-refractivity contribution in [1.82, 2.24) is 5.32 Å². The number of ether oxygens (including phenoxy) is 1. The van der Waals surface area contributed by atoms with Crippen molar-refractivity contribution < 1.29 is 14.6 Å². The van der Waals surface area contributed by atoms with Crippen molar-refractivity contribution in [2.24, 2.45) is 0 Å². The summed E-state index contributed by atoms with van der Waals surface area (Å²) in [5, 5.41) is 11.9. The van der Waals surface area contributed by atoms with Crippen molar-refractivity contribution in [1.29, 1.82) is 0 Å². The zero-order chi connectivity index (χ0) is 10.1. The molecule has 1 rings (SSSR count). The molecule has 0 aromatic heterocycles. The first kappa shape index (κ1) is 10.5.